The van der Waals surface area contributed by atoms with Gasteiger partial charge in [0.15, 0.2) is 11.5 Å². The zero-order valence-corrected chi connectivity index (χ0v) is 13.9. The number of aryl methyl sites for hydroxylation is 1. The number of ether oxygens (including phenoxy) is 1. The molecule has 2 aromatic carbocycles. The molecule has 0 aliphatic heterocycles. The van der Waals surface area contributed by atoms with Gasteiger partial charge in [0.1, 0.15) is 0 Å². The van der Waals surface area contributed by atoms with Crippen molar-refractivity contribution >= 4 is 21.6 Å². The third-order valence-corrected chi connectivity index (χ3v) is 3.85. The fourth-order valence-corrected chi connectivity index (χ4v) is 2.55. The van der Waals surface area contributed by atoms with E-state index < -0.39 is 0 Å². The maximum atomic E-state index is 9.90. The summed E-state index contributed by atoms with van der Waals surface area (Å²) in [4.78, 5) is 0. The van der Waals surface area contributed by atoms with Crippen LogP contribution in [0.5, 0.6) is 11.5 Å². The molecule has 21 heavy (non-hydrogen) atoms. The first-order valence-electron chi connectivity index (χ1n) is 7.11. The summed E-state index contributed by atoms with van der Waals surface area (Å²) >= 11 is 3.35. The fourth-order valence-electron chi connectivity index (χ4n) is 2.06. The Kier molecular flexibility index (Phi) is 5.51. The van der Waals surface area contributed by atoms with Gasteiger partial charge in [0, 0.05) is 12.2 Å². The SMILES string of the molecule is CCOc1cc(CNc2ccc(CC)cc2)cc(Br)c1O. The lowest BCUT2D eigenvalue weighted by molar-refractivity contribution is 0.317. The topological polar surface area (TPSA) is 41.5 Å². The molecule has 0 radical (unpaired) electrons. The van der Waals surface area contributed by atoms with Gasteiger partial charge in [0.25, 0.3) is 0 Å². The van der Waals surface area contributed by atoms with Gasteiger partial charge in [-0.1, -0.05) is 19.1 Å². The highest BCUT2D eigenvalue weighted by atomic mass is 79.9. The summed E-state index contributed by atoms with van der Waals surface area (Å²) < 4.78 is 6.08. The van der Waals surface area contributed by atoms with Gasteiger partial charge < -0.3 is 15.2 Å². The second kappa shape index (κ2) is 7.36. The quantitative estimate of drug-likeness (QED) is 0.792. The van der Waals surface area contributed by atoms with Crippen molar-refractivity contribution in [1.82, 2.24) is 0 Å². The van der Waals surface area contributed by atoms with Gasteiger partial charge in [0.2, 0.25) is 0 Å². The van der Waals surface area contributed by atoms with E-state index in [0.29, 0.717) is 23.4 Å². The molecule has 3 nitrogen and oxygen atoms in total. The minimum Gasteiger partial charge on any atom is -0.503 e. The zero-order chi connectivity index (χ0) is 15.2. The van der Waals surface area contributed by atoms with Crippen molar-refractivity contribution in [2.24, 2.45) is 0 Å². The van der Waals surface area contributed by atoms with Gasteiger partial charge in [-0.05, 0) is 64.7 Å². The summed E-state index contributed by atoms with van der Waals surface area (Å²) in [7, 11) is 0. The van der Waals surface area contributed by atoms with Crippen LogP contribution in [0, 0.1) is 0 Å². The van der Waals surface area contributed by atoms with Crippen molar-refractivity contribution < 1.29 is 9.84 Å². The van der Waals surface area contributed by atoms with Gasteiger partial charge in [0.05, 0.1) is 11.1 Å². The number of benzene rings is 2. The van der Waals surface area contributed by atoms with E-state index in [-0.39, 0.29) is 5.75 Å². The van der Waals surface area contributed by atoms with Crippen molar-refractivity contribution in [2.75, 3.05) is 11.9 Å². The predicted molar refractivity (Wildman–Crippen MR) is 90.1 cm³/mol. The van der Waals surface area contributed by atoms with Crippen LogP contribution in [0.4, 0.5) is 5.69 Å². The minimum absolute atomic E-state index is 0.146. The monoisotopic (exact) mass is 349 g/mol. The van der Waals surface area contributed by atoms with E-state index in [0.717, 1.165) is 17.7 Å². The maximum Gasteiger partial charge on any atom is 0.172 e. The molecule has 0 amide bonds. The highest BCUT2D eigenvalue weighted by Crippen LogP contribution is 2.35. The van der Waals surface area contributed by atoms with Crippen LogP contribution < -0.4 is 10.1 Å². The van der Waals surface area contributed by atoms with Gasteiger partial charge in [-0.25, -0.2) is 0 Å². The molecule has 0 saturated carbocycles. The number of hydrogen-bond acceptors (Lipinski definition) is 3. The Morgan fingerprint density at radius 3 is 2.43 bits per heavy atom. The van der Waals surface area contributed by atoms with Crippen molar-refractivity contribution in [3.05, 3.63) is 52.0 Å². The molecule has 0 saturated heterocycles. The minimum atomic E-state index is 0.146. The van der Waals surface area contributed by atoms with Crippen molar-refractivity contribution in [1.29, 1.82) is 0 Å². The molecule has 2 rings (SSSR count). The zero-order valence-electron chi connectivity index (χ0n) is 12.3. The average Bonchev–Trinajstić information content (AvgIpc) is 2.50. The highest BCUT2D eigenvalue weighted by Gasteiger charge is 2.09. The summed E-state index contributed by atoms with van der Waals surface area (Å²) in [6, 6.07) is 12.2. The lowest BCUT2D eigenvalue weighted by Gasteiger charge is -2.12. The smallest absolute Gasteiger partial charge is 0.172 e. The van der Waals surface area contributed by atoms with Gasteiger partial charge in [-0.2, -0.15) is 0 Å². The second-order valence-electron chi connectivity index (χ2n) is 4.76. The molecule has 112 valence electrons. The molecule has 0 aliphatic rings. The lowest BCUT2D eigenvalue weighted by atomic mass is 10.1. The molecule has 2 aromatic rings. The molecule has 0 aromatic heterocycles. The Hall–Kier alpha value is -1.68. The number of anilines is 1. The Morgan fingerprint density at radius 1 is 1.10 bits per heavy atom. The van der Waals surface area contributed by atoms with Crippen LogP contribution in [-0.4, -0.2) is 11.7 Å². The third-order valence-electron chi connectivity index (χ3n) is 3.25. The van der Waals surface area contributed by atoms with Gasteiger partial charge >= 0.3 is 0 Å². The summed E-state index contributed by atoms with van der Waals surface area (Å²) in [5, 5.41) is 13.3. The van der Waals surface area contributed by atoms with Crippen LogP contribution in [0.15, 0.2) is 40.9 Å². The molecule has 0 spiro atoms. The molecule has 0 aliphatic carbocycles. The van der Waals surface area contributed by atoms with E-state index in [2.05, 4.69) is 52.4 Å². The number of rotatable bonds is 6. The number of nitrogens with one attached hydrogen (secondary N) is 1. The standard InChI is InChI=1S/C17H20BrNO2/c1-3-12-5-7-14(8-6-12)19-11-13-9-15(18)17(20)16(10-13)21-4-2/h5-10,19-20H,3-4,11H2,1-2H3. The van der Waals surface area contributed by atoms with E-state index in [1.165, 1.54) is 5.56 Å². The Morgan fingerprint density at radius 2 is 1.81 bits per heavy atom. The van der Waals surface area contributed by atoms with Crippen molar-refractivity contribution in [3.63, 3.8) is 0 Å². The molecule has 4 heteroatoms. The summed E-state index contributed by atoms with van der Waals surface area (Å²) in [5.74, 6) is 0.651. The molecule has 0 heterocycles. The molecule has 0 fully saturated rings. The molecule has 0 atom stereocenters. The summed E-state index contributed by atoms with van der Waals surface area (Å²) in [6.07, 6.45) is 1.04. The molecular formula is C17H20BrNO2. The first-order chi connectivity index (χ1) is 10.1. The van der Waals surface area contributed by atoms with E-state index >= 15 is 0 Å². The first-order valence-corrected chi connectivity index (χ1v) is 7.90. The lowest BCUT2D eigenvalue weighted by Crippen LogP contribution is -2.01. The normalized spacial score (nSPS) is 10.4. The number of halogens is 1. The maximum absolute atomic E-state index is 9.90. The van der Waals surface area contributed by atoms with Crippen molar-refractivity contribution in [2.45, 2.75) is 26.8 Å². The molecular weight excluding hydrogens is 330 g/mol. The van der Waals surface area contributed by atoms with Crippen LogP contribution in [0.1, 0.15) is 25.0 Å². The predicted octanol–water partition coefficient (Wildman–Crippen LogP) is 4.73. The fraction of sp³-hybridized carbons (Fsp3) is 0.294. The molecule has 0 bridgehead atoms. The Labute approximate surface area is 134 Å². The second-order valence-corrected chi connectivity index (χ2v) is 5.62. The van der Waals surface area contributed by atoms with Crippen LogP contribution in [0.3, 0.4) is 0 Å². The van der Waals surface area contributed by atoms with Gasteiger partial charge in [-0.3, -0.25) is 0 Å². The number of hydrogen-bond donors (Lipinski definition) is 2. The summed E-state index contributed by atoms with van der Waals surface area (Å²) in [5.41, 5.74) is 3.45. The Bertz CT molecular complexity index is 596. The summed E-state index contributed by atoms with van der Waals surface area (Å²) in [6.45, 7) is 5.24. The van der Waals surface area contributed by atoms with E-state index in [9.17, 15) is 5.11 Å². The highest BCUT2D eigenvalue weighted by molar-refractivity contribution is 9.10. The third kappa shape index (κ3) is 4.14. The largest absolute Gasteiger partial charge is 0.503 e. The molecule has 2 N–H and O–H groups in total. The van der Waals surface area contributed by atoms with Crippen LogP contribution in [-0.2, 0) is 13.0 Å². The Balaban J connectivity index is 2.08. The number of phenols is 1. The average molecular weight is 350 g/mol. The number of phenolic OH excluding ortho intramolecular Hbond substituents is 1. The number of aromatic hydroxyl groups is 1. The van der Waals surface area contributed by atoms with Crippen molar-refractivity contribution in [3.8, 4) is 11.5 Å². The van der Waals surface area contributed by atoms with E-state index in [4.69, 9.17) is 4.74 Å². The van der Waals surface area contributed by atoms with E-state index in [1.54, 1.807) is 0 Å². The van der Waals surface area contributed by atoms with Crippen LogP contribution in [0.25, 0.3) is 0 Å². The first kappa shape index (κ1) is 15.7. The van der Waals surface area contributed by atoms with Gasteiger partial charge in [-0.15, -0.1) is 0 Å². The van der Waals surface area contributed by atoms with Crippen LogP contribution >= 0.6 is 15.9 Å². The van der Waals surface area contributed by atoms with E-state index in [1.807, 2.05) is 19.1 Å². The van der Waals surface area contributed by atoms with Crippen LogP contribution in [0.2, 0.25) is 0 Å². The molecule has 0 unspecified atom stereocenters.